The predicted molar refractivity (Wildman–Crippen MR) is 88.1 cm³/mol. The van der Waals surface area contributed by atoms with Gasteiger partial charge in [-0.15, -0.1) is 11.3 Å². The van der Waals surface area contributed by atoms with Gasteiger partial charge in [0, 0.05) is 18.0 Å². The zero-order valence-corrected chi connectivity index (χ0v) is 14.7. The number of hydrogen-bond acceptors (Lipinski definition) is 4. The molecule has 21 heavy (non-hydrogen) atoms. The van der Waals surface area contributed by atoms with E-state index in [4.69, 9.17) is 0 Å². The van der Waals surface area contributed by atoms with Gasteiger partial charge in [0.05, 0.1) is 0 Å². The summed E-state index contributed by atoms with van der Waals surface area (Å²) in [6.45, 7) is 8.18. The van der Waals surface area contributed by atoms with Gasteiger partial charge in [0.1, 0.15) is 4.90 Å². The van der Waals surface area contributed by atoms with Crippen molar-refractivity contribution < 1.29 is 8.42 Å². The lowest BCUT2D eigenvalue weighted by Crippen LogP contribution is -2.30. The van der Waals surface area contributed by atoms with Crippen LogP contribution in [0.1, 0.15) is 43.6 Å². The molecule has 0 aliphatic heterocycles. The summed E-state index contributed by atoms with van der Waals surface area (Å²) in [7, 11) is -3.40. The van der Waals surface area contributed by atoms with Crippen LogP contribution < -0.4 is 10.0 Å². The molecule has 1 unspecified atom stereocenters. The molecule has 2 N–H and O–H groups in total. The molecule has 4 nitrogen and oxygen atoms in total. The molecule has 1 aliphatic carbocycles. The average Bonchev–Trinajstić information content (AvgIpc) is 3.21. The van der Waals surface area contributed by atoms with Crippen LogP contribution in [0.2, 0.25) is 0 Å². The van der Waals surface area contributed by atoms with E-state index in [2.05, 4.69) is 23.9 Å². The molecule has 1 fully saturated rings. The monoisotopic (exact) mass is 330 g/mol. The Morgan fingerprint density at radius 2 is 2.14 bits per heavy atom. The zero-order valence-electron chi connectivity index (χ0n) is 13.1. The molecule has 1 heterocycles. The fraction of sp³-hybridized carbons (Fsp3) is 0.733. The maximum atomic E-state index is 12.6. The van der Waals surface area contributed by atoms with E-state index in [9.17, 15) is 8.42 Å². The molecular formula is C15H26N2O2S2. The molecule has 1 atom stereocenters. The molecular weight excluding hydrogens is 304 g/mol. The second kappa shape index (κ2) is 7.22. The highest BCUT2D eigenvalue weighted by molar-refractivity contribution is 7.89. The summed E-state index contributed by atoms with van der Waals surface area (Å²) in [6.07, 6.45) is 3.53. The lowest BCUT2D eigenvalue weighted by Gasteiger charge is -2.13. The molecule has 0 spiro atoms. The number of aryl methyl sites for hydroxylation is 1. The van der Waals surface area contributed by atoms with E-state index in [0.717, 1.165) is 23.4 Å². The van der Waals surface area contributed by atoms with Gasteiger partial charge in [-0.3, -0.25) is 0 Å². The lowest BCUT2D eigenvalue weighted by molar-refractivity contribution is 0.491. The summed E-state index contributed by atoms with van der Waals surface area (Å²) in [5.74, 6) is 1.14. The smallest absolute Gasteiger partial charge is 0.241 e. The second-order valence-electron chi connectivity index (χ2n) is 6.01. The lowest BCUT2D eigenvalue weighted by atomic mass is 10.1. The number of hydrogen-bond donors (Lipinski definition) is 2. The van der Waals surface area contributed by atoms with Crippen LogP contribution in [0.25, 0.3) is 0 Å². The van der Waals surface area contributed by atoms with E-state index in [0.29, 0.717) is 29.8 Å². The van der Waals surface area contributed by atoms with Crippen LogP contribution in [0.3, 0.4) is 0 Å². The Labute approximate surface area is 132 Å². The number of sulfonamides is 1. The summed E-state index contributed by atoms with van der Waals surface area (Å²) < 4.78 is 28.0. The predicted octanol–water partition coefficient (Wildman–Crippen LogP) is 2.88. The highest BCUT2D eigenvalue weighted by Gasteiger charge is 2.30. The van der Waals surface area contributed by atoms with E-state index < -0.39 is 10.0 Å². The van der Waals surface area contributed by atoms with Crippen molar-refractivity contribution in [1.82, 2.24) is 10.0 Å². The van der Waals surface area contributed by atoms with E-state index in [1.807, 2.05) is 12.3 Å². The molecule has 1 aliphatic rings. The van der Waals surface area contributed by atoms with Gasteiger partial charge in [-0.05, 0) is 55.5 Å². The number of rotatable bonds is 9. The molecule has 0 amide bonds. The Morgan fingerprint density at radius 1 is 1.43 bits per heavy atom. The number of thiophene rings is 1. The molecule has 1 aromatic rings. The first kappa shape index (κ1) is 16.9. The molecule has 1 saturated carbocycles. The minimum atomic E-state index is -3.40. The van der Waals surface area contributed by atoms with Gasteiger partial charge in [-0.2, -0.15) is 0 Å². The summed E-state index contributed by atoms with van der Waals surface area (Å²) >= 11 is 1.52. The fourth-order valence-corrected chi connectivity index (χ4v) is 5.41. The molecule has 2 rings (SSSR count). The first-order chi connectivity index (χ1) is 9.95. The highest BCUT2D eigenvalue weighted by Crippen LogP contribution is 2.36. The SMILES string of the molecule is CCCNCc1scc(C)c1S(=O)(=O)NCC(C)C1CC1. The fourth-order valence-electron chi connectivity index (χ4n) is 2.49. The molecule has 0 saturated heterocycles. The summed E-state index contributed by atoms with van der Waals surface area (Å²) in [5, 5.41) is 5.22. The van der Waals surface area contributed by atoms with Crippen LogP contribution in [0, 0.1) is 18.8 Å². The first-order valence-electron chi connectivity index (χ1n) is 7.73. The quantitative estimate of drug-likeness (QED) is 0.685. The van der Waals surface area contributed by atoms with E-state index in [-0.39, 0.29) is 0 Å². The molecule has 0 radical (unpaired) electrons. The number of nitrogens with one attached hydrogen (secondary N) is 2. The normalized spacial score (nSPS) is 17.1. The van der Waals surface area contributed by atoms with E-state index >= 15 is 0 Å². The standard InChI is InChI=1S/C15H26N2O2S2/c1-4-7-16-9-14-15(12(3)10-20-14)21(18,19)17-8-11(2)13-5-6-13/h10-11,13,16-17H,4-9H2,1-3H3. The minimum Gasteiger partial charge on any atom is -0.312 e. The van der Waals surface area contributed by atoms with Crippen LogP contribution in [-0.4, -0.2) is 21.5 Å². The summed E-state index contributed by atoms with van der Waals surface area (Å²) in [6, 6.07) is 0. The van der Waals surface area contributed by atoms with Gasteiger partial charge in [0.2, 0.25) is 10.0 Å². The Hall–Kier alpha value is -0.430. The van der Waals surface area contributed by atoms with Crippen molar-refractivity contribution in [3.05, 3.63) is 15.8 Å². The second-order valence-corrected chi connectivity index (χ2v) is 8.68. The van der Waals surface area contributed by atoms with E-state index in [1.54, 1.807) is 0 Å². The van der Waals surface area contributed by atoms with Crippen molar-refractivity contribution in [3.8, 4) is 0 Å². The van der Waals surface area contributed by atoms with Crippen LogP contribution in [-0.2, 0) is 16.6 Å². The van der Waals surface area contributed by atoms with E-state index in [1.165, 1.54) is 24.2 Å². The van der Waals surface area contributed by atoms with Crippen LogP contribution in [0.5, 0.6) is 0 Å². The molecule has 1 aromatic heterocycles. The third-order valence-corrected chi connectivity index (χ3v) is 6.88. The molecule has 0 aromatic carbocycles. The Bertz CT molecular complexity index is 562. The van der Waals surface area contributed by atoms with Gasteiger partial charge >= 0.3 is 0 Å². The highest BCUT2D eigenvalue weighted by atomic mass is 32.2. The molecule has 6 heteroatoms. The Balaban J connectivity index is 2.05. The average molecular weight is 331 g/mol. The molecule has 0 bridgehead atoms. The maximum absolute atomic E-state index is 12.6. The maximum Gasteiger partial charge on any atom is 0.241 e. The zero-order chi connectivity index (χ0) is 15.5. The third-order valence-electron chi connectivity index (χ3n) is 3.99. The van der Waals surface area contributed by atoms with Gasteiger partial charge in [-0.25, -0.2) is 13.1 Å². The molecule has 120 valence electrons. The van der Waals surface area contributed by atoms with Gasteiger partial charge in [-0.1, -0.05) is 13.8 Å². The Morgan fingerprint density at radius 3 is 2.76 bits per heavy atom. The van der Waals surface area contributed by atoms with Crippen molar-refractivity contribution >= 4 is 21.4 Å². The van der Waals surface area contributed by atoms with Gasteiger partial charge in [0.25, 0.3) is 0 Å². The van der Waals surface area contributed by atoms with Crippen LogP contribution in [0.4, 0.5) is 0 Å². The topological polar surface area (TPSA) is 58.2 Å². The van der Waals surface area contributed by atoms with Crippen molar-refractivity contribution in [2.24, 2.45) is 11.8 Å². The van der Waals surface area contributed by atoms with Crippen molar-refractivity contribution in [2.75, 3.05) is 13.1 Å². The van der Waals surface area contributed by atoms with Gasteiger partial charge < -0.3 is 5.32 Å². The van der Waals surface area contributed by atoms with Crippen LogP contribution in [0.15, 0.2) is 10.3 Å². The largest absolute Gasteiger partial charge is 0.312 e. The third kappa shape index (κ3) is 4.52. The Kier molecular flexibility index (Phi) is 5.82. The van der Waals surface area contributed by atoms with Crippen molar-refractivity contribution in [1.29, 1.82) is 0 Å². The minimum absolute atomic E-state index is 0.431. The van der Waals surface area contributed by atoms with Crippen LogP contribution >= 0.6 is 11.3 Å². The summed E-state index contributed by atoms with van der Waals surface area (Å²) in [4.78, 5) is 1.40. The van der Waals surface area contributed by atoms with Crippen molar-refractivity contribution in [3.63, 3.8) is 0 Å². The summed E-state index contributed by atoms with van der Waals surface area (Å²) in [5.41, 5.74) is 0.847. The first-order valence-corrected chi connectivity index (χ1v) is 10.1. The van der Waals surface area contributed by atoms with Crippen molar-refractivity contribution in [2.45, 2.75) is 51.5 Å². The van der Waals surface area contributed by atoms with Gasteiger partial charge in [0.15, 0.2) is 0 Å².